The SMILES string of the molecule is COC1CN(C(=O)c2cc(C)ccc2C)CC1Oc1cccc(NS(=O)(=O)N2CCC23CCOC3)c1. The number of amides is 1. The van der Waals surface area contributed by atoms with Gasteiger partial charge in [-0.25, -0.2) is 0 Å². The Kier molecular flexibility index (Phi) is 6.71. The van der Waals surface area contributed by atoms with E-state index in [1.54, 1.807) is 36.3 Å². The number of ether oxygens (including phenoxy) is 3. The molecule has 3 atom stereocenters. The first-order valence-electron chi connectivity index (χ1n) is 12.3. The quantitative estimate of drug-likeness (QED) is 0.609. The molecule has 3 saturated heterocycles. The molecule has 3 heterocycles. The molecule has 10 heteroatoms. The number of nitrogens with zero attached hydrogens (tertiary/aromatic N) is 2. The van der Waals surface area contributed by atoms with Gasteiger partial charge in [-0.05, 0) is 50.5 Å². The maximum absolute atomic E-state index is 13.2. The molecule has 0 bridgehead atoms. The number of carbonyl (C=O) groups excluding carboxylic acids is 1. The number of benzene rings is 2. The van der Waals surface area contributed by atoms with Crippen molar-refractivity contribution in [1.29, 1.82) is 0 Å². The van der Waals surface area contributed by atoms with E-state index in [1.165, 1.54) is 4.31 Å². The highest BCUT2D eigenvalue weighted by atomic mass is 32.2. The summed E-state index contributed by atoms with van der Waals surface area (Å²) in [7, 11) is -2.11. The number of carbonyl (C=O) groups is 1. The van der Waals surface area contributed by atoms with E-state index in [1.807, 2.05) is 32.0 Å². The van der Waals surface area contributed by atoms with Crippen LogP contribution in [0.3, 0.4) is 0 Å². The van der Waals surface area contributed by atoms with E-state index < -0.39 is 15.7 Å². The highest BCUT2D eigenvalue weighted by Gasteiger charge is 2.53. The van der Waals surface area contributed by atoms with Crippen LogP contribution in [0.4, 0.5) is 5.69 Å². The lowest BCUT2D eigenvalue weighted by Crippen LogP contribution is -2.63. The van der Waals surface area contributed by atoms with Crippen molar-refractivity contribution < 1.29 is 27.4 Å². The van der Waals surface area contributed by atoms with Crippen LogP contribution in [0.5, 0.6) is 5.75 Å². The van der Waals surface area contributed by atoms with Crippen LogP contribution in [0.2, 0.25) is 0 Å². The Labute approximate surface area is 212 Å². The zero-order valence-corrected chi connectivity index (χ0v) is 21.7. The first-order valence-corrected chi connectivity index (χ1v) is 13.7. The molecule has 36 heavy (non-hydrogen) atoms. The summed E-state index contributed by atoms with van der Waals surface area (Å²) in [6.45, 7) is 6.19. The zero-order valence-electron chi connectivity index (χ0n) is 20.9. The highest BCUT2D eigenvalue weighted by Crippen LogP contribution is 2.40. The van der Waals surface area contributed by atoms with Gasteiger partial charge in [0.15, 0.2) is 0 Å². The summed E-state index contributed by atoms with van der Waals surface area (Å²) in [5.74, 6) is 0.455. The molecule has 3 unspecified atom stereocenters. The monoisotopic (exact) mass is 515 g/mol. The van der Waals surface area contributed by atoms with E-state index >= 15 is 0 Å². The predicted octanol–water partition coefficient (Wildman–Crippen LogP) is 2.74. The van der Waals surface area contributed by atoms with Crippen LogP contribution >= 0.6 is 0 Å². The number of anilines is 1. The third-order valence-electron chi connectivity index (χ3n) is 7.48. The molecule has 2 aromatic rings. The molecule has 0 radical (unpaired) electrons. The van der Waals surface area contributed by atoms with Gasteiger partial charge in [0.2, 0.25) is 0 Å². The Hall–Kier alpha value is -2.66. The summed E-state index contributed by atoms with van der Waals surface area (Å²) in [6, 6.07) is 12.7. The van der Waals surface area contributed by atoms with Crippen molar-refractivity contribution in [3.63, 3.8) is 0 Å². The molecular formula is C26H33N3O6S. The molecule has 194 valence electrons. The third kappa shape index (κ3) is 4.70. The van der Waals surface area contributed by atoms with Crippen LogP contribution in [0.15, 0.2) is 42.5 Å². The molecule has 5 rings (SSSR count). The summed E-state index contributed by atoms with van der Waals surface area (Å²) in [4.78, 5) is 15.0. The highest BCUT2D eigenvalue weighted by molar-refractivity contribution is 7.90. The fourth-order valence-corrected chi connectivity index (χ4v) is 6.89. The minimum Gasteiger partial charge on any atom is -0.486 e. The van der Waals surface area contributed by atoms with E-state index in [0.29, 0.717) is 56.3 Å². The maximum Gasteiger partial charge on any atom is 0.302 e. The van der Waals surface area contributed by atoms with Crippen molar-refractivity contribution in [1.82, 2.24) is 9.21 Å². The fourth-order valence-electron chi connectivity index (χ4n) is 5.28. The molecule has 3 aliphatic rings. The van der Waals surface area contributed by atoms with Gasteiger partial charge >= 0.3 is 10.2 Å². The minimum atomic E-state index is -3.72. The number of likely N-dealkylation sites (tertiary alicyclic amines) is 1. The normalized spacial score (nSPS) is 26.2. The number of nitrogens with one attached hydrogen (secondary N) is 1. The van der Waals surface area contributed by atoms with Crippen molar-refractivity contribution in [3.05, 3.63) is 59.2 Å². The number of hydrogen-bond donors (Lipinski definition) is 1. The van der Waals surface area contributed by atoms with Gasteiger partial charge in [-0.1, -0.05) is 23.8 Å². The molecule has 9 nitrogen and oxygen atoms in total. The second kappa shape index (κ2) is 9.66. The van der Waals surface area contributed by atoms with Gasteiger partial charge in [-0.2, -0.15) is 12.7 Å². The topological polar surface area (TPSA) is 97.4 Å². The van der Waals surface area contributed by atoms with Gasteiger partial charge in [-0.3, -0.25) is 9.52 Å². The van der Waals surface area contributed by atoms with Crippen LogP contribution in [0, 0.1) is 13.8 Å². The van der Waals surface area contributed by atoms with Gasteiger partial charge in [-0.15, -0.1) is 0 Å². The fraction of sp³-hybridized carbons (Fsp3) is 0.500. The third-order valence-corrected chi connectivity index (χ3v) is 9.12. The molecule has 0 saturated carbocycles. The lowest BCUT2D eigenvalue weighted by atomic mass is 9.87. The van der Waals surface area contributed by atoms with E-state index in [-0.39, 0.29) is 18.1 Å². The smallest absolute Gasteiger partial charge is 0.302 e. The summed E-state index contributed by atoms with van der Waals surface area (Å²) in [5.41, 5.74) is 2.64. The number of aryl methyl sites for hydroxylation is 2. The van der Waals surface area contributed by atoms with Crippen LogP contribution in [0.25, 0.3) is 0 Å². The van der Waals surface area contributed by atoms with E-state index in [2.05, 4.69) is 4.72 Å². The molecule has 0 aliphatic carbocycles. The van der Waals surface area contributed by atoms with Gasteiger partial charge in [0, 0.05) is 31.9 Å². The molecule has 1 amide bonds. The van der Waals surface area contributed by atoms with Gasteiger partial charge < -0.3 is 19.1 Å². The largest absolute Gasteiger partial charge is 0.486 e. The van der Waals surface area contributed by atoms with E-state index in [9.17, 15) is 13.2 Å². The molecule has 3 aliphatic heterocycles. The molecule has 1 spiro atoms. The van der Waals surface area contributed by atoms with E-state index in [0.717, 1.165) is 17.5 Å². The lowest BCUT2D eigenvalue weighted by Gasteiger charge is -2.47. The Balaban J connectivity index is 1.27. The average Bonchev–Trinajstić information content (AvgIpc) is 3.48. The van der Waals surface area contributed by atoms with Crippen molar-refractivity contribution in [3.8, 4) is 5.75 Å². The first kappa shape index (κ1) is 25.0. The lowest BCUT2D eigenvalue weighted by molar-refractivity contribution is 0.0340. The Bertz CT molecular complexity index is 1240. The average molecular weight is 516 g/mol. The molecular weight excluding hydrogens is 482 g/mol. The maximum atomic E-state index is 13.2. The van der Waals surface area contributed by atoms with Gasteiger partial charge in [0.1, 0.15) is 18.0 Å². The molecule has 0 aromatic heterocycles. The van der Waals surface area contributed by atoms with Crippen molar-refractivity contribution in [2.75, 3.05) is 44.7 Å². The van der Waals surface area contributed by atoms with Gasteiger partial charge in [0.05, 0.1) is 30.9 Å². The summed E-state index contributed by atoms with van der Waals surface area (Å²) < 4.78 is 47.6. The standard InChI is InChI=1S/C26H33N3O6S/c1-18-7-8-19(2)22(13-18)25(30)28-15-23(33-3)24(16-28)35-21-6-4-5-20(14-21)27-36(31,32)29-11-9-26(29)10-12-34-17-26/h4-8,13-14,23-24,27H,9-12,15-17H2,1-3H3. The molecule has 1 N–H and O–H groups in total. The van der Waals surface area contributed by atoms with Crippen molar-refractivity contribution >= 4 is 21.8 Å². The van der Waals surface area contributed by atoms with Crippen LogP contribution in [0.1, 0.15) is 34.3 Å². The van der Waals surface area contributed by atoms with Crippen LogP contribution < -0.4 is 9.46 Å². The molecule has 2 aromatic carbocycles. The number of hydrogen-bond acceptors (Lipinski definition) is 6. The summed E-state index contributed by atoms with van der Waals surface area (Å²) in [6.07, 6.45) is 0.844. The van der Waals surface area contributed by atoms with Crippen LogP contribution in [-0.2, 0) is 19.7 Å². The zero-order chi connectivity index (χ0) is 25.5. The molecule has 3 fully saturated rings. The second-order valence-electron chi connectivity index (χ2n) is 9.94. The second-order valence-corrected chi connectivity index (χ2v) is 11.5. The van der Waals surface area contributed by atoms with Crippen LogP contribution in [-0.4, -0.2) is 81.2 Å². The van der Waals surface area contributed by atoms with Crippen molar-refractivity contribution in [2.45, 2.75) is 44.4 Å². The Morgan fingerprint density at radius 3 is 2.61 bits per heavy atom. The Morgan fingerprint density at radius 2 is 1.92 bits per heavy atom. The van der Waals surface area contributed by atoms with Crippen molar-refractivity contribution in [2.24, 2.45) is 0 Å². The summed E-state index contributed by atoms with van der Waals surface area (Å²) >= 11 is 0. The number of methoxy groups -OCH3 is 1. The minimum absolute atomic E-state index is 0.0507. The Morgan fingerprint density at radius 1 is 1.11 bits per heavy atom. The summed E-state index contributed by atoms with van der Waals surface area (Å²) in [5, 5.41) is 0. The van der Waals surface area contributed by atoms with E-state index in [4.69, 9.17) is 14.2 Å². The van der Waals surface area contributed by atoms with Gasteiger partial charge in [0.25, 0.3) is 5.91 Å². The number of rotatable bonds is 7. The predicted molar refractivity (Wildman–Crippen MR) is 136 cm³/mol. The first-order chi connectivity index (χ1) is 17.2.